The van der Waals surface area contributed by atoms with E-state index in [0.717, 1.165) is 15.8 Å². The number of hydrogen-bond donors (Lipinski definition) is 2. The van der Waals surface area contributed by atoms with Crippen molar-refractivity contribution >= 4 is 40.6 Å². The summed E-state index contributed by atoms with van der Waals surface area (Å²) in [6.45, 7) is 4.21. The Bertz CT molecular complexity index is 997. The van der Waals surface area contributed by atoms with E-state index in [1.807, 2.05) is 5.38 Å². The molecule has 0 radical (unpaired) electrons. The van der Waals surface area contributed by atoms with Crippen LogP contribution >= 0.6 is 23.1 Å². The normalized spacial score (nSPS) is 10.6. The molecule has 28 heavy (non-hydrogen) atoms. The summed E-state index contributed by atoms with van der Waals surface area (Å²) in [6.07, 6.45) is 0.206. The minimum absolute atomic E-state index is 0.150. The van der Waals surface area contributed by atoms with E-state index in [1.54, 1.807) is 47.4 Å². The summed E-state index contributed by atoms with van der Waals surface area (Å²) in [5.41, 5.74) is 10.8. The molecule has 0 aliphatic carbocycles. The maximum Gasteiger partial charge on any atom is 0.248 e. The second kappa shape index (κ2) is 9.03. The average Bonchev–Trinajstić information content (AvgIpc) is 3.10. The molecule has 0 unspecified atom stereocenters. The van der Waals surface area contributed by atoms with Crippen molar-refractivity contribution in [1.82, 2.24) is 4.98 Å². The van der Waals surface area contributed by atoms with Crippen LogP contribution in [0.1, 0.15) is 32.7 Å². The third-order valence-corrected chi connectivity index (χ3v) is 6.30. The van der Waals surface area contributed by atoms with E-state index in [-0.39, 0.29) is 12.3 Å². The van der Waals surface area contributed by atoms with Crippen molar-refractivity contribution in [3.8, 4) is 0 Å². The number of amides is 2. The van der Waals surface area contributed by atoms with E-state index in [4.69, 9.17) is 5.73 Å². The summed E-state index contributed by atoms with van der Waals surface area (Å²) in [4.78, 5) is 27.9. The number of nitrogens with one attached hydrogen (secondary N) is 1. The number of benzene rings is 2. The van der Waals surface area contributed by atoms with Gasteiger partial charge < -0.3 is 11.1 Å². The van der Waals surface area contributed by atoms with Gasteiger partial charge in [0.25, 0.3) is 0 Å². The monoisotopic (exact) mass is 411 g/mol. The Kier molecular flexibility index (Phi) is 6.49. The van der Waals surface area contributed by atoms with Crippen LogP contribution in [0.3, 0.4) is 0 Å². The molecular formula is C21H21N3O2S2. The van der Waals surface area contributed by atoms with Crippen LogP contribution in [0.4, 0.5) is 5.69 Å². The van der Waals surface area contributed by atoms with Crippen molar-refractivity contribution in [2.24, 2.45) is 5.73 Å². The van der Waals surface area contributed by atoms with Crippen LogP contribution in [0.15, 0.2) is 52.2 Å². The zero-order chi connectivity index (χ0) is 20.1. The fraction of sp³-hybridized carbons (Fsp3) is 0.190. The van der Waals surface area contributed by atoms with Crippen LogP contribution in [0.5, 0.6) is 0 Å². The summed E-state index contributed by atoms with van der Waals surface area (Å²) in [7, 11) is 0. The van der Waals surface area contributed by atoms with Crippen molar-refractivity contribution in [2.75, 3.05) is 5.32 Å². The van der Waals surface area contributed by atoms with E-state index in [0.29, 0.717) is 11.3 Å². The molecule has 0 fully saturated rings. The molecule has 0 atom stereocenters. The van der Waals surface area contributed by atoms with E-state index < -0.39 is 5.91 Å². The van der Waals surface area contributed by atoms with E-state index in [9.17, 15) is 9.59 Å². The fourth-order valence-electron chi connectivity index (χ4n) is 2.62. The van der Waals surface area contributed by atoms with Gasteiger partial charge in [0.15, 0.2) is 0 Å². The van der Waals surface area contributed by atoms with Gasteiger partial charge in [0.2, 0.25) is 11.8 Å². The molecule has 0 saturated carbocycles. The van der Waals surface area contributed by atoms with Gasteiger partial charge in [-0.05, 0) is 49.2 Å². The molecule has 2 amide bonds. The standard InChI is InChI=1S/C21H21N3O2S2/c1-13-3-4-14(2)16(9-13)11-27-21-24-18(12-28-21)10-19(25)23-17-7-5-15(6-8-17)20(22)26/h3-9,12H,10-11H2,1-2H3,(H2,22,26)(H,23,25). The Labute approximate surface area is 172 Å². The lowest BCUT2D eigenvalue weighted by atomic mass is 10.1. The lowest BCUT2D eigenvalue weighted by Crippen LogP contribution is -2.15. The van der Waals surface area contributed by atoms with Crippen molar-refractivity contribution in [2.45, 2.75) is 30.4 Å². The molecule has 1 heterocycles. The molecule has 0 aliphatic heterocycles. The summed E-state index contributed by atoms with van der Waals surface area (Å²) in [5, 5.41) is 4.72. The van der Waals surface area contributed by atoms with Crippen LogP contribution in [-0.4, -0.2) is 16.8 Å². The number of aryl methyl sites for hydroxylation is 2. The molecule has 1 aromatic heterocycles. The summed E-state index contributed by atoms with van der Waals surface area (Å²) < 4.78 is 0.953. The molecule has 0 bridgehead atoms. The van der Waals surface area contributed by atoms with Gasteiger partial charge in [0, 0.05) is 22.4 Å². The third kappa shape index (κ3) is 5.43. The van der Waals surface area contributed by atoms with Crippen molar-refractivity contribution in [3.63, 3.8) is 0 Å². The zero-order valence-corrected chi connectivity index (χ0v) is 17.3. The first-order valence-electron chi connectivity index (χ1n) is 8.74. The molecule has 7 heteroatoms. The number of aromatic nitrogens is 1. The minimum atomic E-state index is -0.494. The van der Waals surface area contributed by atoms with Crippen molar-refractivity contribution in [1.29, 1.82) is 0 Å². The maximum atomic E-state index is 12.2. The van der Waals surface area contributed by atoms with Gasteiger partial charge in [-0.3, -0.25) is 9.59 Å². The second-order valence-electron chi connectivity index (χ2n) is 6.49. The Morgan fingerprint density at radius 1 is 1.14 bits per heavy atom. The van der Waals surface area contributed by atoms with Crippen LogP contribution < -0.4 is 11.1 Å². The Balaban J connectivity index is 1.54. The molecule has 3 N–H and O–H groups in total. The highest BCUT2D eigenvalue weighted by atomic mass is 32.2. The molecule has 5 nitrogen and oxygen atoms in total. The molecular weight excluding hydrogens is 390 g/mol. The molecule has 3 aromatic rings. The molecule has 0 saturated heterocycles. The lowest BCUT2D eigenvalue weighted by molar-refractivity contribution is -0.115. The first kappa shape index (κ1) is 20.1. The minimum Gasteiger partial charge on any atom is -0.366 e. The van der Waals surface area contributed by atoms with E-state index in [2.05, 4.69) is 42.3 Å². The number of thioether (sulfide) groups is 1. The number of rotatable bonds is 7. The van der Waals surface area contributed by atoms with Gasteiger partial charge in [-0.25, -0.2) is 4.98 Å². The van der Waals surface area contributed by atoms with Crippen LogP contribution in [0.2, 0.25) is 0 Å². The predicted molar refractivity (Wildman–Crippen MR) is 115 cm³/mol. The van der Waals surface area contributed by atoms with Gasteiger partial charge in [0.05, 0.1) is 12.1 Å². The highest BCUT2D eigenvalue weighted by Gasteiger charge is 2.10. The predicted octanol–water partition coefficient (Wildman–Crippen LogP) is 4.33. The number of hydrogen-bond acceptors (Lipinski definition) is 5. The molecule has 2 aromatic carbocycles. The van der Waals surface area contributed by atoms with Crippen molar-refractivity contribution < 1.29 is 9.59 Å². The molecule has 3 rings (SSSR count). The topological polar surface area (TPSA) is 85.1 Å². The van der Waals surface area contributed by atoms with Gasteiger partial charge in [-0.2, -0.15) is 0 Å². The number of primary amides is 1. The van der Waals surface area contributed by atoms with Gasteiger partial charge in [-0.1, -0.05) is 35.5 Å². The van der Waals surface area contributed by atoms with Crippen LogP contribution in [0.25, 0.3) is 0 Å². The second-order valence-corrected chi connectivity index (χ2v) is 8.57. The van der Waals surface area contributed by atoms with E-state index >= 15 is 0 Å². The number of anilines is 1. The number of thiazole rings is 1. The van der Waals surface area contributed by atoms with Crippen LogP contribution in [0, 0.1) is 13.8 Å². The highest BCUT2D eigenvalue weighted by Crippen LogP contribution is 2.28. The van der Waals surface area contributed by atoms with Gasteiger partial charge in [-0.15, -0.1) is 11.3 Å². The molecule has 0 spiro atoms. The Hall–Kier alpha value is -2.64. The SMILES string of the molecule is Cc1ccc(C)c(CSc2nc(CC(=O)Nc3ccc(C(N)=O)cc3)cs2)c1. The zero-order valence-electron chi connectivity index (χ0n) is 15.7. The maximum absolute atomic E-state index is 12.2. The van der Waals surface area contributed by atoms with Gasteiger partial charge in [0.1, 0.15) is 4.34 Å². The van der Waals surface area contributed by atoms with E-state index in [1.165, 1.54) is 16.7 Å². The third-order valence-electron chi connectivity index (χ3n) is 4.18. The average molecular weight is 412 g/mol. The molecule has 0 aliphatic rings. The Morgan fingerprint density at radius 2 is 1.89 bits per heavy atom. The summed E-state index contributed by atoms with van der Waals surface area (Å²) >= 11 is 3.24. The number of carbonyl (C=O) groups is 2. The fourth-order valence-corrected chi connectivity index (χ4v) is 4.53. The number of carbonyl (C=O) groups excluding carboxylic acids is 2. The number of nitrogens with two attached hydrogens (primary N) is 1. The first-order chi connectivity index (χ1) is 13.4. The smallest absolute Gasteiger partial charge is 0.248 e. The van der Waals surface area contributed by atoms with Crippen LogP contribution in [-0.2, 0) is 17.0 Å². The number of nitrogens with zero attached hydrogens (tertiary/aromatic N) is 1. The Morgan fingerprint density at radius 3 is 2.61 bits per heavy atom. The molecule has 144 valence electrons. The largest absolute Gasteiger partial charge is 0.366 e. The van der Waals surface area contributed by atoms with Gasteiger partial charge >= 0.3 is 0 Å². The lowest BCUT2D eigenvalue weighted by Gasteiger charge is -2.05. The highest BCUT2D eigenvalue weighted by molar-refractivity contribution is 8.00. The summed E-state index contributed by atoms with van der Waals surface area (Å²) in [5.74, 6) is 0.216. The summed E-state index contributed by atoms with van der Waals surface area (Å²) in [6, 6.07) is 12.9. The quantitative estimate of drug-likeness (QED) is 0.567. The first-order valence-corrected chi connectivity index (χ1v) is 10.6. The van der Waals surface area contributed by atoms with Crippen molar-refractivity contribution in [3.05, 3.63) is 75.8 Å².